The van der Waals surface area contributed by atoms with E-state index < -0.39 is 0 Å². The van der Waals surface area contributed by atoms with Crippen LogP contribution < -0.4 is 0 Å². The lowest BCUT2D eigenvalue weighted by atomic mass is 9.67. The SMILES string of the molecule is Cc1ccc2c(c1)-c1cc(C)ccc1C2(c1ccccc1)c1ccccc1. The third kappa shape index (κ3) is 2.23. The third-order valence-electron chi connectivity index (χ3n) is 5.86. The number of fused-ring (bicyclic) bond motifs is 3. The zero-order chi connectivity index (χ0) is 18.4. The van der Waals surface area contributed by atoms with Crippen molar-refractivity contribution in [1.82, 2.24) is 0 Å². The first-order chi connectivity index (χ1) is 13.2. The Morgan fingerprint density at radius 3 is 1.30 bits per heavy atom. The summed E-state index contributed by atoms with van der Waals surface area (Å²) in [7, 11) is 0. The number of rotatable bonds is 2. The average Bonchev–Trinajstić information content (AvgIpc) is 2.99. The molecule has 0 aliphatic heterocycles. The molecule has 1 aliphatic rings. The molecule has 0 heteroatoms. The van der Waals surface area contributed by atoms with E-state index in [1.165, 1.54) is 44.5 Å². The molecule has 27 heavy (non-hydrogen) atoms. The average molecular weight is 346 g/mol. The largest absolute Gasteiger partial charge is 0.0713 e. The number of aryl methyl sites for hydroxylation is 2. The first-order valence-corrected chi connectivity index (χ1v) is 9.55. The topological polar surface area (TPSA) is 0 Å². The molecule has 0 nitrogen and oxygen atoms in total. The molecule has 0 unspecified atom stereocenters. The third-order valence-corrected chi connectivity index (χ3v) is 5.86. The van der Waals surface area contributed by atoms with Crippen LogP contribution in [0.1, 0.15) is 33.4 Å². The Kier molecular flexibility index (Phi) is 3.55. The van der Waals surface area contributed by atoms with Crippen molar-refractivity contribution in [2.24, 2.45) is 0 Å². The Bertz CT molecular complexity index is 1030. The highest BCUT2D eigenvalue weighted by molar-refractivity contribution is 5.86. The molecule has 0 saturated carbocycles. The van der Waals surface area contributed by atoms with Crippen LogP contribution in [0.4, 0.5) is 0 Å². The smallest absolute Gasteiger partial charge is 0.0622 e. The van der Waals surface area contributed by atoms with E-state index in [2.05, 4.69) is 111 Å². The van der Waals surface area contributed by atoms with Gasteiger partial charge in [0.1, 0.15) is 0 Å². The number of hydrogen-bond acceptors (Lipinski definition) is 0. The first kappa shape index (κ1) is 16.1. The van der Waals surface area contributed by atoms with Gasteiger partial charge in [-0.1, -0.05) is 108 Å². The van der Waals surface area contributed by atoms with E-state index in [9.17, 15) is 0 Å². The van der Waals surface area contributed by atoms with Gasteiger partial charge < -0.3 is 0 Å². The van der Waals surface area contributed by atoms with Crippen LogP contribution in [0.2, 0.25) is 0 Å². The predicted molar refractivity (Wildman–Crippen MR) is 113 cm³/mol. The highest BCUT2D eigenvalue weighted by atomic mass is 14.5. The van der Waals surface area contributed by atoms with Crippen LogP contribution in [-0.2, 0) is 5.41 Å². The minimum atomic E-state index is -0.269. The van der Waals surface area contributed by atoms with Gasteiger partial charge in [0, 0.05) is 0 Å². The molecule has 0 radical (unpaired) electrons. The van der Waals surface area contributed by atoms with Crippen molar-refractivity contribution in [2.75, 3.05) is 0 Å². The second-order valence-corrected chi connectivity index (χ2v) is 7.58. The standard InChI is InChI=1S/C27H22/c1-19-13-15-25-23(17-19)24-18-20(2)14-16-26(24)27(25,21-9-5-3-6-10-21)22-11-7-4-8-12-22/h3-18H,1-2H3. The normalized spacial score (nSPS) is 13.9. The fourth-order valence-corrected chi connectivity index (χ4v) is 4.73. The molecule has 4 aromatic carbocycles. The summed E-state index contributed by atoms with van der Waals surface area (Å²) in [5.41, 5.74) is 10.5. The number of benzene rings is 4. The maximum Gasteiger partial charge on any atom is 0.0713 e. The first-order valence-electron chi connectivity index (χ1n) is 9.55. The van der Waals surface area contributed by atoms with Crippen molar-refractivity contribution in [3.63, 3.8) is 0 Å². The van der Waals surface area contributed by atoms with Crippen molar-refractivity contribution in [2.45, 2.75) is 19.3 Å². The van der Waals surface area contributed by atoms with Gasteiger partial charge in [-0.05, 0) is 47.2 Å². The van der Waals surface area contributed by atoms with Crippen LogP contribution in [0, 0.1) is 13.8 Å². The predicted octanol–water partition coefficient (Wildman–Crippen LogP) is 6.67. The summed E-state index contributed by atoms with van der Waals surface area (Å²) in [4.78, 5) is 0. The zero-order valence-electron chi connectivity index (χ0n) is 15.7. The molecule has 0 N–H and O–H groups in total. The van der Waals surface area contributed by atoms with Crippen LogP contribution in [0.15, 0.2) is 97.1 Å². The summed E-state index contributed by atoms with van der Waals surface area (Å²) >= 11 is 0. The van der Waals surface area contributed by atoms with Gasteiger partial charge in [-0.15, -0.1) is 0 Å². The second kappa shape index (κ2) is 5.96. The van der Waals surface area contributed by atoms with Gasteiger partial charge in [0.2, 0.25) is 0 Å². The van der Waals surface area contributed by atoms with Crippen molar-refractivity contribution < 1.29 is 0 Å². The van der Waals surface area contributed by atoms with E-state index in [4.69, 9.17) is 0 Å². The highest BCUT2D eigenvalue weighted by Crippen LogP contribution is 2.56. The minimum absolute atomic E-state index is 0.269. The van der Waals surface area contributed by atoms with Crippen molar-refractivity contribution in [1.29, 1.82) is 0 Å². The monoisotopic (exact) mass is 346 g/mol. The van der Waals surface area contributed by atoms with Crippen molar-refractivity contribution in [3.8, 4) is 11.1 Å². The van der Waals surface area contributed by atoms with Crippen LogP contribution in [0.3, 0.4) is 0 Å². The van der Waals surface area contributed by atoms with Gasteiger partial charge >= 0.3 is 0 Å². The minimum Gasteiger partial charge on any atom is -0.0622 e. The maximum absolute atomic E-state index is 2.35. The lowest BCUT2D eigenvalue weighted by molar-refractivity contribution is 0.768. The molecule has 4 aromatic rings. The van der Waals surface area contributed by atoms with Crippen LogP contribution in [0.25, 0.3) is 11.1 Å². The molecule has 0 bridgehead atoms. The fourth-order valence-electron chi connectivity index (χ4n) is 4.73. The molecule has 0 fully saturated rings. The van der Waals surface area contributed by atoms with E-state index in [-0.39, 0.29) is 5.41 Å². The van der Waals surface area contributed by atoms with E-state index in [1.807, 2.05) is 0 Å². The Labute approximate surface area is 161 Å². The maximum atomic E-state index is 2.35. The molecular formula is C27H22. The van der Waals surface area contributed by atoms with Crippen LogP contribution in [-0.4, -0.2) is 0 Å². The molecule has 0 saturated heterocycles. The summed E-state index contributed by atoms with van der Waals surface area (Å²) in [6, 6.07) is 35.8. The van der Waals surface area contributed by atoms with Crippen molar-refractivity contribution in [3.05, 3.63) is 130 Å². The van der Waals surface area contributed by atoms with E-state index in [1.54, 1.807) is 0 Å². The van der Waals surface area contributed by atoms with Gasteiger partial charge in [0.05, 0.1) is 5.41 Å². The molecule has 0 atom stereocenters. The Balaban J connectivity index is 1.98. The molecule has 130 valence electrons. The lowest BCUT2D eigenvalue weighted by Crippen LogP contribution is -2.28. The van der Waals surface area contributed by atoms with Crippen LogP contribution in [0.5, 0.6) is 0 Å². The molecule has 0 heterocycles. The lowest BCUT2D eigenvalue weighted by Gasteiger charge is -2.33. The van der Waals surface area contributed by atoms with Gasteiger partial charge in [-0.2, -0.15) is 0 Å². The zero-order valence-corrected chi connectivity index (χ0v) is 15.7. The Morgan fingerprint density at radius 1 is 0.481 bits per heavy atom. The van der Waals surface area contributed by atoms with Gasteiger partial charge in [-0.3, -0.25) is 0 Å². The second-order valence-electron chi connectivity index (χ2n) is 7.58. The summed E-state index contributed by atoms with van der Waals surface area (Å²) in [6.45, 7) is 4.36. The van der Waals surface area contributed by atoms with Crippen molar-refractivity contribution >= 4 is 0 Å². The van der Waals surface area contributed by atoms with E-state index in [0.29, 0.717) is 0 Å². The summed E-state index contributed by atoms with van der Waals surface area (Å²) in [5.74, 6) is 0. The quantitative estimate of drug-likeness (QED) is 0.335. The fraction of sp³-hybridized carbons (Fsp3) is 0.111. The Hall–Kier alpha value is -3.12. The Morgan fingerprint density at radius 2 is 0.889 bits per heavy atom. The van der Waals surface area contributed by atoms with Gasteiger partial charge in [0.15, 0.2) is 0 Å². The molecule has 0 amide bonds. The summed E-state index contributed by atoms with van der Waals surface area (Å²) in [6.07, 6.45) is 0. The van der Waals surface area contributed by atoms with Gasteiger partial charge in [-0.25, -0.2) is 0 Å². The van der Waals surface area contributed by atoms with Gasteiger partial charge in [0.25, 0.3) is 0 Å². The summed E-state index contributed by atoms with van der Waals surface area (Å²) < 4.78 is 0. The molecular weight excluding hydrogens is 324 g/mol. The van der Waals surface area contributed by atoms with E-state index in [0.717, 1.165) is 0 Å². The number of hydrogen-bond donors (Lipinski definition) is 0. The van der Waals surface area contributed by atoms with Crippen LogP contribution >= 0.6 is 0 Å². The highest BCUT2D eigenvalue weighted by Gasteiger charge is 2.45. The van der Waals surface area contributed by atoms with E-state index >= 15 is 0 Å². The molecule has 0 aromatic heterocycles. The summed E-state index contributed by atoms with van der Waals surface area (Å²) in [5, 5.41) is 0. The molecule has 1 aliphatic carbocycles. The molecule has 5 rings (SSSR count). The molecule has 0 spiro atoms.